The molecule has 5 rings (SSSR count). The first-order valence-electron chi connectivity index (χ1n) is 10.3. The third-order valence-electron chi connectivity index (χ3n) is 5.83. The number of aromatic nitrogens is 4. The van der Waals surface area contributed by atoms with E-state index in [0.717, 1.165) is 25.7 Å². The van der Waals surface area contributed by atoms with Crippen molar-refractivity contribution in [3.05, 3.63) is 75.7 Å². The van der Waals surface area contributed by atoms with Gasteiger partial charge in [0.2, 0.25) is 0 Å². The van der Waals surface area contributed by atoms with Gasteiger partial charge in [0.1, 0.15) is 6.04 Å². The smallest absolute Gasteiger partial charge is 0.312 e. The molecular weight excluding hydrogens is 426 g/mol. The minimum atomic E-state index is -0.672. The number of carbonyl (C=O) groups is 1. The predicted molar refractivity (Wildman–Crippen MR) is 124 cm³/mol. The van der Waals surface area contributed by atoms with Crippen molar-refractivity contribution in [3.63, 3.8) is 0 Å². The second kappa shape index (κ2) is 7.52. The number of rotatable bonds is 3. The van der Waals surface area contributed by atoms with Gasteiger partial charge in [0, 0.05) is 23.9 Å². The summed E-state index contributed by atoms with van der Waals surface area (Å²) in [5.74, 6) is -0.164. The zero-order valence-corrected chi connectivity index (χ0v) is 18.7. The second-order valence-corrected chi connectivity index (χ2v) is 8.75. The van der Waals surface area contributed by atoms with Gasteiger partial charge in [0.15, 0.2) is 11.2 Å². The van der Waals surface area contributed by atoms with Crippen molar-refractivity contribution in [3.8, 4) is 0 Å². The minimum absolute atomic E-state index is 0.164. The fourth-order valence-corrected chi connectivity index (χ4v) is 5.24. The van der Waals surface area contributed by atoms with Crippen molar-refractivity contribution in [2.75, 3.05) is 4.90 Å². The van der Waals surface area contributed by atoms with Crippen LogP contribution in [0.3, 0.4) is 0 Å². The molecule has 0 saturated carbocycles. The molecule has 1 aliphatic heterocycles. The summed E-state index contributed by atoms with van der Waals surface area (Å²) in [4.78, 5) is 47.3. The molecule has 1 aliphatic rings. The lowest BCUT2D eigenvalue weighted by molar-refractivity contribution is -0.121. The first-order chi connectivity index (χ1) is 15.4. The van der Waals surface area contributed by atoms with Crippen molar-refractivity contribution in [2.24, 2.45) is 14.1 Å². The van der Waals surface area contributed by atoms with Crippen molar-refractivity contribution in [2.45, 2.75) is 29.2 Å². The molecular formula is C23H21N5O3S. The summed E-state index contributed by atoms with van der Waals surface area (Å²) in [5.41, 5.74) is 1.20. The highest BCUT2D eigenvalue weighted by Crippen LogP contribution is 2.48. The van der Waals surface area contributed by atoms with E-state index >= 15 is 0 Å². The molecule has 1 atom stereocenters. The Balaban J connectivity index is 1.71. The molecule has 0 saturated heterocycles. The van der Waals surface area contributed by atoms with Crippen molar-refractivity contribution < 1.29 is 4.79 Å². The lowest BCUT2D eigenvalue weighted by Gasteiger charge is -2.33. The van der Waals surface area contributed by atoms with Gasteiger partial charge in [0.05, 0.1) is 17.7 Å². The first kappa shape index (κ1) is 20.3. The molecule has 0 bridgehead atoms. The zero-order valence-electron chi connectivity index (χ0n) is 17.8. The minimum Gasteiger partial charge on any atom is -0.312 e. The van der Waals surface area contributed by atoms with Crippen molar-refractivity contribution >= 4 is 40.2 Å². The maximum absolute atomic E-state index is 14.0. The van der Waals surface area contributed by atoms with E-state index in [4.69, 9.17) is 0 Å². The van der Waals surface area contributed by atoms with Crippen LogP contribution in [0.25, 0.3) is 11.2 Å². The van der Waals surface area contributed by atoms with Crippen LogP contribution in [0.1, 0.15) is 19.4 Å². The number of hydrogen-bond donors (Lipinski definition) is 0. The third kappa shape index (κ3) is 2.85. The maximum atomic E-state index is 14.0. The number of para-hydroxylation sites is 2. The number of anilines is 2. The van der Waals surface area contributed by atoms with Crippen LogP contribution < -0.4 is 16.1 Å². The van der Waals surface area contributed by atoms with E-state index in [1.54, 1.807) is 28.3 Å². The predicted octanol–water partition coefficient (Wildman–Crippen LogP) is 3.21. The summed E-state index contributed by atoms with van der Waals surface area (Å²) >= 11 is 1.63. The number of nitrogens with zero attached hydrogens (tertiary/aromatic N) is 5. The molecule has 2 aromatic carbocycles. The summed E-state index contributed by atoms with van der Waals surface area (Å²) in [6.07, 6.45) is 1.93. The molecule has 0 aliphatic carbocycles. The van der Waals surface area contributed by atoms with Crippen LogP contribution >= 0.6 is 11.8 Å². The third-order valence-corrected chi connectivity index (χ3v) is 6.96. The topological polar surface area (TPSA) is 82.1 Å². The van der Waals surface area contributed by atoms with Crippen LogP contribution in [-0.4, -0.2) is 24.6 Å². The van der Waals surface area contributed by atoms with Gasteiger partial charge in [-0.15, -0.1) is 0 Å². The van der Waals surface area contributed by atoms with E-state index in [-0.39, 0.29) is 17.1 Å². The molecule has 4 aromatic rings. The molecule has 2 aromatic heterocycles. The number of carbonyl (C=O) groups excluding carboxylic acids is 1. The average molecular weight is 448 g/mol. The van der Waals surface area contributed by atoms with Crippen LogP contribution in [0, 0.1) is 0 Å². The molecule has 0 N–H and O–H groups in total. The molecule has 3 heterocycles. The quantitative estimate of drug-likeness (QED) is 0.482. The van der Waals surface area contributed by atoms with Crippen LogP contribution in [0.15, 0.2) is 74.2 Å². The Labute approximate surface area is 187 Å². The lowest BCUT2D eigenvalue weighted by atomic mass is 10.1. The summed E-state index contributed by atoms with van der Waals surface area (Å²) < 4.78 is 3.97. The highest BCUT2D eigenvalue weighted by Gasteiger charge is 2.34. The summed E-state index contributed by atoms with van der Waals surface area (Å²) in [6, 6.07) is 14.9. The van der Waals surface area contributed by atoms with E-state index in [0.29, 0.717) is 6.42 Å². The van der Waals surface area contributed by atoms with Crippen LogP contribution in [-0.2, 0) is 18.9 Å². The van der Waals surface area contributed by atoms with Crippen molar-refractivity contribution in [1.82, 2.24) is 18.7 Å². The fraction of sp³-hybridized carbons (Fsp3) is 0.217. The highest BCUT2D eigenvalue weighted by atomic mass is 32.2. The Bertz CT molecular complexity index is 1450. The molecule has 9 heteroatoms. The number of amides is 1. The monoisotopic (exact) mass is 447 g/mol. The van der Waals surface area contributed by atoms with Gasteiger partial charge in [-0.1, -0.05) is 43.0 Å². The first-order valence-corrected chi connectivity index (χ1v) is 11.1. The molecule has 0 spiro atoms. The molecule has 162 valence electrons. The second-order valence-electron chi connectivity index (χ2n) is 7.67. The Hall–Kier alpha value is -3.59. The Morgan fingerprint density at radius 3 is 2.16 bits per heavy atom. The summed E-state index contributed by atoms with van der Waals surface area (Å²) in [5, 5.41) is 0. The molecule has 8 nitrogen and oxygen atoms in total. The Morgan fingerprint density at radius 2 is 1.56 bits per heavy atom. The largest absolute Gasteiger partial charge is 0.332 e. The van der Waals surface area contributed by atoms with E-state index in [1.807, 2.05) is 55.5 Å². The van der Waals surface area contributed by atoms with Crippen molar-refractivity contribution in [1.29, 1.82) is 0 Å². The van der Waals surface area contributed by atoms with Crippen LogP contribution in [0.2, 0.25) is 0 Å². The Morgan fingerprint density at radius 1 is 0.969 bits per heavy atom. The van der Waals surface area contributed by atoms with Gasteiger partial charge in [-0.25, -0.2) is 9.78 Å². The van der Waals surface area contributed by atoms with Gasteiger partial charge in [-0.05, 0) is 30.7 Å². The lowest BCUT2D eigenvalue weighted by Crippen LogP contribution is -2.39. The summed E-state index contributed by atoms with van der Waals surface area (Å²) in [6.45, 7) is 1.90. The van der Waals surface area contributed by atoms with Gasteiger partial charge < -0.3 is 4.57 Å². The molecule has 1 amide bonds. The maximum Gasteiger partial charge on any atom is 0.332 e. The van der Waals surface area contributed by atoms with E-state index < -0.39 is 17.3 Å². The number of imidazole rings is 1. The Kier molecular flexibility index (Phi) is 4.78. The number of fused-ring (bicyclic) bond motifs is 3. The molecule has 32 heavy (non-hydrogen) atoms. The highest BCUT2D eigenvalue weighted by molar-refractivity contribution is 7.99. The van der Waals surface area contributed by atoms with Gasteiger partial charge >= 0.3 is 5.69 Å². The van der Waals surface area contributed by atoms with Gasteiger partial charge in [0.25, 0.3) is 11.5 Å². The number of aryl methyl sites for hydroxylation is 1. The molecule has 0 fully saturated rings. The fourth-order valence-electron chi connectivity index (χ4n) is 4.18. The van der Waals surface area contributed by atoms with E-state index in [9.17, 15) is 14.4 Å². The normalized spacial score (nSPS) is 13.7. The molecule has 0 radical (unpaired) electrons. The zero-order chi connectivity index (χ0) is 22.6. The summed E-state index contributed by atoms with van der Waals surface area (Å²) in [7, 11) is 3.00. The van der Waals surface area contributed by atoms with Gasteiger partial charge in [-0.2, -0.15) is 0 Å². The SMILES string of the molecule is CC[C@H](C(=O)N1c2ccccc2Sc2ccccc21)n1cnc2c1c(=O)n(C)c(=O)n2C. The number of hydrogen-bond acceptors (Lipinski definition) is 5. The number of benzene rings is 2. The average Bonchev–Trinajstić information content (AvgIpc) is 3.25. The van der Waals surface area contributed by atoms with Crippen LogP contribution in [0.5, 0.6) is 0 Å². The van der Waals surface area contributed by atoms with E-state index in [1.165, 1.54) is 17.9 Å². The standard InChI is InChI=1S/C23H21N5O3S/c1-4-14(27-13-24-20-19(27)22(30)26(3)23(31)25(20)2)21(29)28-15-9-5-7-11-17(15)32-18-12-8-6-10-16(18)28/h5-14H,4H2,1-3H3/t14-/m1/s1. The molecule has 0 unspecified atom stereocenters. The van der Waals surface area contributed by atoms with Gasteiger partial charge in [-0.3, -0.25) is 23.6 Å². The van der Waals surface area contributed by atoms with E-state index in [2.05, 4.69) is 4.98 Å². The van der Waals surface area contributed by atoms with Crippen LogP contribution in [0.4, 0.5) is 11.4 Å².